The fourth-order valence-corrected chi connectivity index (χ4v) is 12.5. The summed E-state index contributed by atoms with van der Waals surface area (Å²) in [5.74, 6) is -3.17. The van der Waals surface area contributed by atoms with E-state index in [1.807, 2.05) is 86.2 Å². The maximum absolute atomic E-state index is 14.0. The number of unbranched alkanes of at least 4 members (excludes halogenated alkanes) is 2. The van der Waals surface area contributed by atoms with Crippen molar-refractivity contribution in [1.82, 2.24) is 28.8 Å². The van der Waals surface area contributed by atoms with Gasteiger partial charge in [-0.05, 0) is 112 Å². The Bertz CT molecular complexity index is 3770. The van der Waals surface area contributed by atoms with Crippen molar-refractivity contribution >= 4 is 62.1 Å². The number of benzene rings is 5. The van der Waals surface area contributed by atoms with E-state index in [0.717, 1.165) is 57.5 Å². The number of rotatable bonds is 30. The number of sulfonamides is 1. The SMILES string of the molecule is CC(=O)CCCCOCCOCCOCCCCC(=O)c1cn([C@@H]2C[C@@H](C(=O)C[C@@H](Cc3ccc(OC(=O)N4CCCC4)cc3)C(=O)O)N(S(=O)(=O)c3ccccc3)C2)nn1.CN(C)c1ccc2c(-c3ccccc3C(=O)[O-])c3ccc(=[N+](C)C)cc-3oc2c1. The molecule has 1 N–H and O–H groups in total. The van der Waals surface area contributed by atoms with E-state index in [1.54, 1.807) is 66.4 Å². The number of Topliss-reactive ketones (excluding diaryl/α,β-unsaturated/α-hetero) is 3. The molecule has 1 aromatic heterocycles. The fraction of sp³-hybridized carbons (Fsp3) is 0.418. The van der Waals surface area contributed by atoms with Crippen LogP contribution < -0.4 is 24.7 Å². The Morgan fingerprint density at radius 1 is 0.778 bits per heavy atom. The van der Waals surface area contributed by atoms with Crippen LogP contribution in [0.25, 0.3) is 33.4 Å². The van der Waals surface area contributed by atoms with Crippen LogP contribution in [0.2, 0.25) is 0 Å². The Hall–Kier alpha value is -8.48. The number of hydrogen-bond acceptors (Lipinski definition) is 17. The van der Waals surface area contributed by atoms with Crippen molar-refractivity contribution < 1.29 is 70.8 Å². The second-order valence-electron chi connectivity index (χ2n) is 22.8. The molecule has 22 nitrogen and oxygen atoms in total. The number of aromatic nitrogens is 3. The molecule has 478 valence electrons. The van der Waals surface area contributed by atoms with Gasteiger partial charge in [0.25, 0.3) is 0 Å². The van der Waals surface area contributed by atoms with Crippen LogP contribution in [0.15, 0.2) is 131 Å². The zero-order chi connectivity index (χ0) is 64.3. The highest BCUT2D eigenvalue weighted by Crippen LogP contribution is 2.42. The molecule has 90 heavy (non-hydrogen) atoms. The molecule has 4 heterocycles. The summed E-state index contributed by atoms with van der Waals surface area (Å²) < 4.78 is 60.7. The number of nitrogens with zero attached hydrogens (tertiary/aromatic N) is 7. The molecule has 4 aromatic carbocycles. The summed E-state index contributed by atoms with van der Waals surface area (Å²) in [4.78, 5) is 78.2. The predicted octanol–water partition coefficient (Wildman–Crippen LogP) is 7.61. The Morgan fingerprint density at radius 3 is 2.08 bits per heavy atom. The second kappa shape index (κ2) is 32.3. The van der Waals surface area contributed by atoms with E-state index < -0.39 is 58.3 Å². The van der Waals surface area contributed by atoms with E-state index >= 15 is 0 Å². The molecule has 1 amide bonds. The average molecular weight is 1250 g/mol. The van der Waals surface area contributed by atoms with Gasteiger partial charge in [0, 0.05) is 106 Å². The number of hydrogen-bond donors (Lipinski definition) is 1. The molecule has 23 heteroatoms. The van der Waals surface area contributed by atoms with Gasteiger partial charge in [-0.15, -0.1) is 5.10 Å². The lowest BCUT2D eigenvalue weighted by Gasteiger charge is -2.24. The average Bonchev–Trinajstić information content (AvgIpc) is 0.998. The molecule has 4 aliphatic rings. The molecule has 0 spiro atoms. The lowest BCUT2D eigenvalue weighted by Crippen LogP contribution is -2.41. The minimum atomic E-state index is -4.20. The number of ether oxygens (including phenoxy) is 4. The number of carbonyl (C=O) groups is 6. The molecule has 0 unspecified atom stereocenters. The number of amides is 1. The predicted molar refractivity (Wildman–Crippen MR) is 335 cm³/mol. The minimum Gasteiger partial charge on any atom is -0.545 e. The second-order valence-corrected chi connectivity index (χ2v) is 24.7. The number of carboxylic acids is 2. The summed E-state index contributed by atoms with van der Waals surface area (Å²) >= 11 is 0. The summed E-state index contributed by atoms with van der Waals surface area (Å²) in [6.07, 6.45) is 6.04. The first-order valence-corrected chi connectivity index (χ1v) is 31.8. The number of ketones is 3. The van der Waals surface area contributed by atoms with Gasteiger partial charge in [0.15, 0.2) is 11.6 Å². The maximum atomic E-state index is 14.0. The van der Waals surface area contributed by atoms with Crippen LogP contribution in [0.5, 0.6) is 5.75 Å². The van der Waals surface area contributed by atoms with Crippen molar-refractivity contribution in [3.63, 3.8) is 0 Å². The highest BCUT2D eigenvalue weighted by molar-refractivity contribution is 7.89. The monoisotopic (exact) mass is 1250 g/mol. The first kappa shape index (κ1) is 67.5. The Balaban J connectivity index is 0.000000298. The molecule has 2 fully saturated rings. The van der Waals surface area contributed by atoms with Crippen LogP contribution in [0.4, 0.5) is 10.5 Å². The number of aromatic carboxylic acids is 1. The van der Waals surface area contributed by atoms with Crippen LogP contribution in [-0.2, 0) is 45.0 Å². The number of carboxylic acid groups (broad SMARTS) is 2. The van der Waals surface area contributed by atoms with Crippen molar-refractivity contribution in [2.75, 3.05) is 92.4 Å². The first-order chi connectivity index (χ1) is 43.3. The fourth-order valence-electron chi connectivity index (χ4n) is 10.8. The Labute approximate surface area is 524 Å². The molecule has 9 rings (SSSR count). The lowest BCUT2D eigenvalue weighted by molar-refractivity contribution is -0.255. The van der Waals surface area contributed by atoms with Crippen LogP contribution in [0.3, 0.4) is 0 Å². The summed E-state index contributed by atoms with van der Waals surface area (Å²) in [6.45, 7) is 5.51. The van der Waals surface area contributed by atoms with Gasteiger partial charge >= 0.3 is 12.1 Å². The smallest absolute Gasteiger partial charge is 0.415 e. The molecule has 3 aliphatic heterocycles. The highest BCUT2D eigenvalue weighted by atomic mass is 32.2. The molecular weight excluding hydrogens is 1170 g/mol. The van der Waals surface area contributed by atoms with Gasteiger partial charge in [-0.25, -0.2) is 22.5 Å². The van der Waals surface area contributed by atoms with Crippen molar-refractivity contribution in [2.24, 2.45) is 5.92 Å². The lowest BCUT2D eigenvalue weighted by atomic mass is 9.90. The van der Waals surface area contributed by atoms with Crippen molar-refractivity contribution in [1.29, 1.82) is 0 Å². The standard InChI is InChI=1S/C43H57N5O12S.C24H22N2O3/c1-32(49)11-5-9-21-57-23-25-59-26-24-58-22-10-6-14-40(50)38-31-47(45-44-38)35-29-39(48(30-35)61(55,56)37-12-3-2-4-13-37)41(51)28-34(42(52)53)27-33-15-17-36(18-16-33)60-43(54)46-19-7-8-20-46;1-25(2)15-9-11-19-21(13-15)29-22-14-16(26(3)4)10-12-20(22)23(19)17-7-5-6-8-18(17)24(27)28/h2-4,12-13,15-18,31,34-35,39H,5-11,14,19-30H2,1H3,(H,52,53);5-14H,1-4H3/t34-,35-,39+;/m1./s1. The molecule has 0 saturated carbocycles. The third-order valence-corrected chi connectivity index (χ3v) is 17.7. The van der Waals surface area contributed by atoms with Crippen LogP contribution in [-0.4, -0.2) is 167 Å². The summed E-state index contributed by atoms with van der Waals surface area (Å²) in [5.41, 5.74) is 4.88. The van der Waals surface area contributed by atoms with E-state index in [2.05, 4.69) is 10.3 Å². The number of carbonyl (C=O) groups excluding carboxylic acids is 5. The Kier molecular flexibility index (Phi) is 24.2. The van der Waals surface area contributed by atoms with Crippen molar-refractivity contribution in [3.8, 4) is 28.2 Å². The summed E-state index contributed by atoms with van der Waals surface area (Å²) in [7, 11) is 3.69. The summed E-state index contributed by atoms with van der Waals surface area (Å²) in [6, 6.07) is 31.1. The van der Waals surface area contributed by atoms with E-state index in [4.69, 9.17) is 23.4 Å². The normalized spacial score (nSPS) is 15.3. The number of anilines is 1. The number of likely N-dealkylation sites (tertiary alicyclic amines) is 1. The van der Waals surface area contributed by atoms with Crippen LogP contribution in [0, 0.1) is 5.92 Å². The zero-order valence-corrected chi connectivity index (χ0v) is 52.4. The first-order valence-electron chi connectivity index (χ1n) is 30.3. The quantitative estimate of drug-likeness (QED) is 0.0196. The van der Waals surface area contributed by atoms with E-state index in [1.165, 1.54) is 23.0 Å². The highest BCUT2D eigenvalue weighted by Gasteiger charge is 2.45. The van der Waals surface area contributed by atoms with Gasteiger partial charge in [0.2, 0.25) is 15.4 Å². The maximum Gasteiger partial charge on any atom is 0.415 e. The van der Waals surface area contributed by atoms with Crippen LogP contribution >= 0.6 is 0 Å². The third kappa shape index (κ3) is 18.1. The van der Waals surface area contributed by atoms with E-state index in [0.29, 0.717) is 100 Å². The third-order valence-electron chi connectivity index (χ3n) is 15.8. The molecule has 1 aliphatic carbocycles. The van der Waals surface area contributed by atoms with Gasteiger partial charge in [0.05, 0.1) is 67.6 Å². The minimum absolute atomic E-state index is 0.00159. The van der Waals surface area contributed by atoms with Gasteiger partial charge in [-0.3, -0.25) is 14.4 Å². The van der Waals surface area contributed by atoms with E-state index in [9.17, 15) is 47.4 Å². The van der Waals surface area contributed by atoms with Crippen molar-refractivity contribution in [2.45, 2.75) is 94.5 Å². The molecular formula is C67H79N7O15S. The largest absolute Gasteiger partial charge is 0.545 e. The van der Waals surface area contributed by atoms with Gasteiger partial charge in [-0.2, -0.15) is 4.31 Å². The molecule has 5 aromatic rings. The van der Waals surface area contributed by atoms with E-state index in [-0.39, 0.29) is 53.5 Å². The number of aliphatic carboxylic acids is 1. The van der Waals surface area contributed by atoms with Gasteiger partial charge < -0.3 is 53.0 Å². The topological polar surface area (TPSA) is 273 Å². The van der Waals surface area contributed by atoms with Gasteiger partial charge in [-0.1, -0.05) is 59.8 Å². The number of fused-ring (bicyclic) bond motifs is 2. The molecule has 3 atom stereocenters. The Morgan fingerprint density at radius 2 is 1.43 bits per heavy atom. The zero-order valence-electron chi connectivity index (χ0n) is 51.6. The molecule has 2 saturated heterocycles. The van der Waals surface area contributed by atoms with Gasteiger partial charge in [0.1, 0.15) is 42.7 Å². The summed E-state index contributed by atoms with van der Waals surface area (Å²) in [5, 5.41) is 32.0. The molecule has 0 radical (unpaired) electrons. The van der Waals surface area contributed by atoms with Crippen LogP contribution in [0.1, 0.15) is 104 Å². The molecule has 0 bridgehead atoms. The van der Waals surface area contributed by atoms with Crippen molar-refractivity contribution in [3.05, 3.63) is 144 Å².